The van der Waals surface area contributed by atoms with Crippen molar-refractivity contribution in [2.45, 2.75) is 20.3 Å². The van der Waals surface area contributed by atoms with Crippen molar-refractivity contribution in [2.24, 2.45) is 0 Å². The molecule has 1 aromatic carbocycles. The fourth-order valence-corrected chi connectivity index (χ4v) is 1.92. The van der Waals surface area contributed by atoms with Crippen LogP contribution >= 0.6 is 0 Å². The lowest BCUT2D eigenvalue weighted by atomic mass is 10.0. The average molecular weight is 260 g/mol. The van der Waals surface area contributed by atoms with Gasteiger partial charge in [-0.3, -0.25) is 0 Å². The van der Waals surface area contributed by atoms with Gasteiger partial charge in [0.05, 0.1) is 18.6 Å². The summed E-state index contributed by atoms with van der Waals surface area (Å²) in [6.45, 7) is 3.78. The molecule has 1 heterocycles. The molecule has 2 N–H and O–H groups in total. The molecule has 1 aromatic heterocycles. The van der Waals surface area contributed by atoms with Gasteiger partial charge in [0.1, 0.15) is 11.3 Å². The Morgan fingerprint density at radius 1 is 1.47 bits per heavy atom. The number of aromatic hydroxyl groups is 1. The van der Waals surface area contributed by atoms with E-state index in [9.17, 15) is 9.90 Å². The van der Waals surface area contributed by atoms with Crippen molar-refractivity contribution in [2.75, 3.05) is 6.61 Å². The predicted octanol–water partition coefficient (Wildman–Crippen LogP) is 2.19. The van der Waals surface area contributed by atoms with Crippen LogP contribution in [-0.4, -0.2) is 27.7 Å². The molecule has 5 nitrogen and oxygen atoms in total. The van der Waals surface area contributed by atoms with Crippen LogP contribution in [0.5, 0.6) is 5.75 Å². The molecular formula is C14H16N2O3. The highest BCUT2D eigenvalue weighted by molar-refractivity contribution is 5.94. The quantitative estimate of drug-likeness (QED) is 0.826. The summed E-state index contributed by atoms with van der Waals surface area (Å²) >= 11 is 0. The molecule has 0 amide bonds. The first kappa shape index (κ1) is 13.1. The van der Waals surface area contributed by atoms with Gasteiger partial charge in [0, 0.05) is 18.2 Å². The van der Waals surface area contributed by atoms with E-state index in [1.54, 1.807) is 38.5 Å². The number of benzene rings is 1. The molecule has 0 saturated heterocycles. The smallest absolute Gasteiger partial charge is 0.342 e. The number of ether oxygens (including phenoxy) is 1. The minimum atomic E-state index is -0.499. The first-order chi connectivity index (χ1) is 9.13. The topological polar surface area (TPSA) is 75.2 Å². The van der Waals surface area contributed by atoms with Crippen LogP contribution in [0.2, 0.25) is 0 Å². The molecule has 0 bridgehead atoms. The second-order valence-corrected chi connectivity index (χ2v) is 4.22. The molecule has 100 valence electrons. The second kappa shape index (κ2) is 5.56. The summed E-state index contributed by atoms with van der Waals surface area (Å²) in [5.41, 5.74) is 2.38. The SMILES string of the molecule is CCOC(=O)c1c(C)ccc(Cc2c[nH]cn2)c1O. The number of phenols is 1. The van der Waals surface area contributed by atoms with Crippen molar-refractivity contribution >= 4 is 5.97 Å². The van der Waals surface area contributed by atoms with Crippen LogP contribution in [0.3, 0.4) is 0 Å². The summed E-state index contributed by atoms with van der Waals surface area (Å²) < 4.78 is 4.96. The van der Waals surface area contributed by atoms with E-state index >= 15 is 0 Å². The molecule has 0 aliphatic heterocycles. The number of aromatic nitrogens is 2. The molecule has 0 aliphatic carbocycles. The third-order valence-electron chi connectivity index (χ3n) is 2.88. The number of aromatic amines is 1. The maximum absolute atomic E-state index is 11.8. The minimum absolute atomic E-state index is 0.0264. The monoisotopic (exact) mass is 260 g/mol. The summed E-state index contributed by atoms with van der Waals surface area (Å²) in [5, 5.41) is 10.2. The molecule has 0 aliphatic rings. The van der Waals surface area contributed by atoms with Gasteiger partial charge in [-0.05, 0) is 19.4 Å². The first-order valence-electron chi connectivity index (χ1n) is 6.09. The van der Waals surface area contributed by atoms with E-state index in [0.717, 1.165) is 5.69 Å². The van der Waals surface area contributed by atoms with Crippen molar-refractivity contribution in [3.63, 3.8) is 0 Å². The third-order valence-corrected chi connectivity index (χ3v) is 2.88. The standard InChI is InChI=1S/C14H16N2O3/c1-3-19-14(18)12-9(2)4-5-10(13(12)17)6-11-7-15-8-16-11/h4-5,7-8,17H,3,6H2,1-2H3,(H,15,16). The highest BCUT2D eigenvalue weighted by Crippen LogP contribution is 2.28. The first-order valence-corrected chi connectivity index (χ1v) is 6.09. The van der Waals surface area contributed by atoms with Gasteiger partial charge < -0.3 is 14.8 Å². The molecule has 2 aromatic rings. The van der Waals surface area contributed by atoms with Crippen molar-refractivity contribution < 1.29 is 14.6 Å². The number of imidazole rings is 1. The average Bonchev–Trinajstić information content (AvgIpc) is 2.86. The molecule has 0 radical (unpaired) electrons. The zero-order valence-electron chi connectivity index (χ0n) is 10.9. The van der Waals surface area contributed by atoms with Crippen LogP contribution in [0.4, 0.5) is 0 Å². The Labute approximate surface area is 111 Å². The Morgan fingerprint density at radius 3 is 2.89 bits per heavy atom. The molecule has 2 rings (SSSR count). The van der Waals surface area contributed by atoms with E-state index in [4.69, 9.17) is 4.74 Å². The summed E-state index contributed by atoms with van der Waals surface area (Å²) in [7, 11) is 0. The number of aryl methyl sites for hydroxylation is 1. The van der Waals surface area contributed by atoms with Gasteiger partial charge >= 0.3 is 5.97 Å². The highest BCUT2D eigenvalue weighted by Gasteiger charge is 2.18. The van der Waals surface area contributed by atoms with Crippen LogP contribution in [0, 0.1) is 6.92 Å². The van der Waals surface area contributed by atoms with E-state index in [-0.39, 0.29) is 17.9 Å². The number of H-pyrrole nitrogens is 1. The fraction of sp³-hybridized carbons (Fsp3) is 0.286. The number of esters is 1. The molecule has 0 atom stereocenters. The van der Waals surface area contributed by atoms with Crippen LogP contribution in [0.1, 0.15) is 34.1 Å². The zero-order chi connectivity index (χ0) is 13.8. The number of hydrogen-bond acceptors (Lipinski definition) is 4. The van der Waals surface area contributed by atoms with Gasteiger partial charge in [0.2, 0.25) is 0 Å². The van der Waals surface area contributed by atoms with Crippen molar-refractivity contribution in [3.8, 4) is 5.75 Å². The van der Waals surface area contributed by atoms with E-state index in [2.05, 4.69) is 9.97 Å². The Morgan fingerprint density at radius 2 is 2.26 bits per heavy atom. The minimum Gasteiger partial charge on any atom is -0.507 e. The Bertz CT molecular complexity index is 577. The van der Waals surface area contributed by atoms with E-state index in [1.165, 1.54) is 0 Å². The lowest BCUT2D eigenvalue weighted by Crippen LogP contribution is -2.08. The molecule has 5 heteroatoms. The van der Waals surface area contributed by atoms with Gasteiger partial charge in [-0.25, -0.2) is 9.78 Å². The predicted molar refractivity (Wildman–Crippen MR) is 70.2 cm³/mol. The number of carbonyl (C=O) groups is 1. The van der Waals surface area contributed by atoms with Crippen LogP contribution in [0.25, 0.3) is 0 Å². The lowest BCUT2D eigenvalue weighted by Gasteiger charge is -2.11. The largest absolute Gasteiger partial charge is 0.507 e. The lowest BCUT2D eigenvalue weighted by molar-refractivity contribution is 0.0522. The molecular weight excluding hydrogens is 244 g/mol. The van der Waals surface area contributed by atoms with E-state index in [0.29, 0.717) is 17.5 Å². The van der Waals surface area contributed by atoms with Crippen LogP contribution in [-0.2, 0) is 11.2 Å². The zero-order valence-corrected chi connectivity index (χ0v) is 10.9. The van der Waals surface area contributed by atoms with Crippen LogP contribution < -0.4 is 0 Å². The molecule has 0 spiro atoms. The molecule has 0 fully saturated rings. The fourth-order valence-electron chi connectivity index (χ4n) is 1.92. The van der Waals surface area contributed by atoms with Gasteiger partial charge in [0.15, 0.2) is 0 Å². The maximum atomic E-state index is 11.8. The normalized spacial score (nSPS) is 10.4. The number of hydrogen-bond donors (Lipinski definition) is 2. The number of nitrogens with one attached hydrogen (secondary N) is 1. The van der Waals surface area contributed by atoms with Crippen molar-refractivity contribution in [1.29, 1.82) is 0 Å². The molecule has 0 unspecified atom stereocenters. The number of rotatable bonds is 4. The summed E-state index contributed by atoms with van der Waals surface area (Å²) in [6.07, 6.45) is 3.79. The number of nitrogens with zero attached hydrogens (tertiary/aromatic N) is 1. The van der Waals surface area contributed by atoms with Crippen LogP contribution in [0.15, 0.2) is 24.7 Å². The van der Waals surface area contributed by atoms with Gasteiger partial charge in [-0.15, -0.1) is 0 Å². The van der Waals surface area contributed by atoms with Gasteiger partial charge in [-0.1, -0.05) is 12.1 Å². The Kier molecular flexibility index (Phi) is 3.85. The van der Waals surface area contributed by atoms with Crippen molar-refractivity contribution in [1.82, 2.24) is 9.97 Å². The Hall–Kier alpha value is -2.30. The highest BCUT2D eigenvalue weighted by atomic mass is 16.5. The number of phenolic OH excluding ortho intramolecular Hbond substituents is 1. The number of carbonyl (C=O) groups excluding carboxylic acids is 1. The summed E-state index contributed by atoms with van der Waals surface area (Å²) in [4.78, 5) is 18.8. The summed E-state index contributed by atoms with van der Waals surface area (Å²) in [6, 6.07) is 3.59. The van der Waals surface area contributed by atoms with E-state index in [1.807, 2.05) is 0 Å². The second-order valence-electron chi connectivity index (χ2n) is 4.22. The summed E-state index contributed by atoms with van der Waals surface area (Å²) in [5.74, 6) is -0.525. The molecule has 19 heavy (non-hydrogen) atoms. The molecule has 0 saturated carbocycles. The van der Waals surface area contributed by atoms with E-state index < -0.39 is 5.97 Å². The van der Waals surface area contributed by atoms with Gasteiger partial charge in [0.25, 0.3) is 0 Å². The maximum Gasteiger partial charge on any atom is 0.342 e. The van der Waals surface area contributed by atoms with Gasteiger partial charge in [-0.2, -0.15) is 0 Å². The van der Waals surface area contributed by atoms with Crippen molar-refractivity contribution in [3.05, 3.63) is 47.0 Å². The third kappa shape index (κ3) is 2.76. The Balaban J connectivity index is 2.36.